The number of methoxy groups -OCH3 is 2. The monoisotopic (exact) mass is 338 g/mol. The fourth-order valence-electron chi connectivity index (χ4n) is 4.43. The lowest BCUT2D eigenvalue weighted by molar-refractivity contribution is -0.146. The van der Waals surface area contributed by atoms with Gasteiger partial charge in [-0.05, 0) is 49.9 Å². The minimum atomic E-state index is -0.241. The molecule has 3 unspecified atom stereocenters. The second-order valence-electron chi connectivity index (χ2n) is 7.95. The topological polar surface area (TPSA) is 18.5 Å². The predicted molar refractivity (Wildman–Crippen MR) is 102 cm³/mol. The van der Waals surface area contributed by atoms with E-state index in [4.69, 9.17) is 9.47 Å². The number of rotatable bonds is 13. The van der Waals surface area contributed by atoms with Crippen LogP contribution in [-0.2, 0) is 9.47 Å². The van der Waals surface area contributed by atoms with E-state index in [1.165, 1.54) is 70.6 Å². The summed E-state index contributed by atoms with van der Waals surface area (Å²) in [5.41, 5.74) is -0.241. The molecular formula is C20H38O2Si. The first kappa shape index (κ1) is 19.2. The van der Waals surface area contributed by atoms with Crippen LogP contribution in [0.4, 0.5) is 0 Å². The molecular weight excluding hydrogens is 300 g/mol. The molecule has 0 N–H and O–H groups in total. The molecule has 0 aliphatic heterocycles. The maximum atomic E-state index is 5.45. The Kier molecular flexibility index (Phi) is 8.35. The van der Waals surface area contributed by atoms with Gasteiger partial charge in [0, 0.05) is 14.2 Å². The van der Waals surface area contributed by atoms with Crippen LogP contribution >= 0.6 is 0 Å². The quantitative estimate of drug-likeness (QED) is 0.214. The molecule has 1 saturated carbocycles. The lowest BCUT2D eigenvalue weighted by atomic mass is 9.88. The molecule has 0 aromatic carbocycles. The summed E-state index contributed by atoms with van der Waals surface area (Å²) < 4.78 is 10.9. The molecule has 3 heteroatoms. The Labute approximate surface area is 146 Å². The molecule has 2 aliphatic rings. The Morgan fingerprint density at radius 2 is 1.48 bits per heavy atom. The minimum Gasteiger partial charge on any atom is -0.358 e. The second-order valence-corrected chi connectivity index (χ2v) is 9.47. The number of hydrogen-bond donors (Lipinski definition) is 0. The summed E-state index contributed by atoms with van der Waals surface area (Å²) in [7, 11) is 4.48. The standard InChI is InChI=1S/C20H38O2Si/c1-21-20(23,22-2)14-10-8-6-4-3-5-7-9-11-18-15-17-12-13-19(18)16-17/h12-13,17-19H,3-11,14-16H2,1-2,23H3. The van der Waals surface area contributed by atoms with Crippen molar-refractivity contribution in [3.05, 3.63) is 12.2 Å². The average molecular weight is 339 g/mol. The van der Waals surface area contributed by atoms with Crippen molar-refractivity contribution in [1.29, 1.82) is 0 Å². The van der Waals surface area contributed by atoms with Crippen molar-refractivity contribution in [2.45, 2.75) is 82.5 Å². The smallest absolute Gasteiger partial charge is 0.140 e. The van der Waals surface area contributed by atoms with Gasteiger partial charge in [-0.2, -0.15) is 0 Å². The van der Waals surface area contributed by atoms with Gasteiger partial charge in [0.25, 0.3) is 0 Å². The number of fused-ring (bicyclic) bond motifs is 2. The Bertz CT molecular complexity index is 352. The van der Waals surface area contributed by atoms with E-state index >= 15 is 0 Å². The van der Waals surface area contributed by atoms with Gasteiger partial charge in [0.15, 0.2) is 0 Å². The van der Waals surface area contributed by atoms with Gasteiger partial charge >= 0.3 is 0 Å². The van der Waals surface area contributed by atoms with Crippen LogP contribution in [0.1, 0.15) is 77.0 Å². The largest absolute Gasteiger partial charge is 0.358 e. The van der Waals surface area contributed by atoms with Gasteiger partial charge in [0.2, 0.25) is 0 Å². The van der Waals surface area contributed by atoms with Crippen molar-refractivity contribution in [1.82, 2.24) is 0 Å². The van der Waals surface area contributed by atoms with Crippen molar-refractivity contribution >= 4 is 10.2 Å². The van der Waals surface area contributed by atoms with Crippen LogP contribution in [0.15, 0.2) is 12.2 Å². The Balaban J connectivity index is 1.35. The van der Waals surface area contributed by atoms with Crippen LogP contribution in [0.3, 0.4) is 0 Å². The van der Waals surface area contributed by atoms with Crippen molar-refractivity contribution < 1.29 is 9.47 Å². The first-order valence-electron chi connectivity index (χ1n) is 9.95. The molecule has 0 aromatic rings. The molecule has 2 bridgehead atoms. The van der Waals surface area contributed by atoms with Crippen LogP contribution in [0, 0.1) is 17.8 Å². The first-order valence-corrected chi connectivity index (χ1v) is 11.0. The summed E-state index contributed by atoms with van der Waals surface area (Å²) in [6.07, 6.45) is 21.6. The third-order valence-corrected chi connectivity index (χ3v) is 7.55. The predicted octanol–water partition coefficient (Wildman–Crippen LogP) is 4.41. The molecule has 1 fully saturated rings. The third kappa shape index (κ3) is 6.36. The summed E-state index contributed by atoms with van der Waals surface area (Å²) >= 11 is 0. The van der Waals surface area contributed by atoms with E-state index in [2.05, 4.69) is 12.2 Å². The zero-order valence-corrected chi connectivity index (χ0v) is 17.7. The van der Waals surface area contributed by atoms with Gasteiger partial charge in [0.1, 0.15) is 5.41 Å². The third-order valence-electron chi connectivity index (χ3n) is 6.24. The summed E-state index contributed by atoms with van der Waals surface area (Å²) in [4.78, 5) is 0. The molecule has 0 heterocycles. The lowest BCUT2D eigenvalue weighted by Crippen LogP contribution is -2.33. The van der Waals surface area contributed by atoms with Gasteiger partial charge < -0.3 is 9.47 Å². The highest BCUT2D eigenvalue weighted by Crippen LogP contribution is 2.45. The number of unbranched alkanes of at least 4 members (excludes halogenated alkanes) is 7. The van der Waals surface area contributed by atoms with Gasteiger partial charge in [0.05, 0.1) is 10.2 Å². The maximum Gasteiger partial charge on any atom is 0.140 e. The van der Waals surface area contributed by atoms with Crippen molar-refractivity contribution in [3.63, 3.8) is 0 Å². The van der Waals surface area contributed by atoms with Gasteiger partial charge in [-0.25, -0.2) is 0 Å². The highest BCUT2D eigenvalue weighted by Gasteiger charge is 2.34. The van der Waals surface area contributed by atoms with Crippen LogP contribution in [0.5, 0.6) is 0 Å². The molecule has 2 rings (SSSR count). The molecule has 0 radical (unpaired) electrons. The van der Waals surface area contributed by atoms with E-state index in [9.17, 15) is 0 Å². The molecule has 2 nitrogen and oxygen atoms in total. The van der Waals surface area contributed by atoms with Crippen LogP contribution in [-0.4, -0.2) is 29.9 Å². The van der Waals surface area contributed by atoms with Crippen LogP contribution < -0.4 is 0 Å². The van der Waals surface area contributed by atoms with Crippen LogP contribution in [0.2, 0.25) is 0 Å². The van der Waals surface area contributed by atoms with E-state index in [0.29, 0.717) is 0 Å². The zero-order valence-electron chi connectivity index (χ0n) is 15.7. The highest BCUT2D eigenvalue weighted by molar-refractivity contribution is 6.13. The lowest BCUT2D eigenvalue weighted by Gasteiger charge is -2.26. The Morgan fingerprint density at radius 1 is 0.870 bits per heavy atom. The van der Waals surface area contributed by atoms with Crippen molar-refractivity contribution in [2.75, 3.05) is 14.2 Å². The van der Waals surface area contributed by atoms with Crippen LogP contribution in [0.25, 0.3) is 0 Å². The summed E-state index contributed by atoms with van der Waals surface area (Å²) in [5.74, 6) is 2.93. The summed E-state index contributed by atoms with van der Waals surface area (Å²) in [6.45, 7) is 0. The summed E-state index contributed by atoms with van der Waals surface area (Å²) in [6, 6.07) is 0. The Hall–Kier alpha value is -0.123. The molecule has 134 valence electrons. The molecule has 23 heavy (non-hydrogen) atoms. The number of allylic oxidation sites excluding steroid dienone is 2. The second kappa shape index (κ2) is 10.0. The van der Waals surface area contributed by atoms with Gasteiger partial charge in [-0.3, -0.25) is 0 Å². The first-order chi connectivity index (χ1) is 11.2. The molecule has 0 saturated heterocycles. The Morgan fingerprint density at radius 3 is 2.00 bits per heavy atom. The van der Waals surface area contributed by atoms with E-state index in [1.54, 1.807) is 14.2 Å². The fraction of sp³-hybridized carbons (Fsp3) is 0.900. The molecule has 0 amide bonds. The SMILES string of the molecule is COC([SiH3])(CCCCCCCCCCC1CC2C=CC1C2)OC. The highest BCUT2D eigenvalue weighted by atomic mass is 28.1. The fourth-order valence-corrected chi connectivity index (χ4v) is 4.78. The van der Waals surface area contributed by atoms with E-state index in [1.807, 2.05) is 0 Å². The van der Waals surface area contributed by atoms with Crippen molar-refractivity contribution in [2.24, 2.45) is 17.8 Å². The number of hydrogen-bond acceptors (Lipinski definition) is 2. The molecule has 3 atom stereocenters. The van der Waals surface area contributed by atoms with E-state index < -0.39 is 0 Å². The minimum absolute atomic E-state index is 0.241. The van der Waals surface area contributed by atoms with E-state index in [-0.39, 0.29) is 5.41 Å². The van der Waals surface area contributed by atoms with Gasteiger partial charge in [-0.1, -0.05) is 57.1 Å². The average Bonchev–Trinajstić information content (AvgIpc) is 3.19. The molecule has 0 aromatic heterocycles. The molecule has 0 spiro atoms. The van der Waals surface area contributed by atoms with Crippen molar-refractivity contribution in [3.8, 4) is 0 Å². The molecule has 2 aliphatic carbocycles. The number of ether oxygens (including phenoxy) is 2. The normalized spacial score (nSPS) is 26.4. The summed E-state index contributed by atoms with van der Waals surface area (Å²) in [5, 5.41) is 0. The zero-order chi connectivity index (χ0) is 16.5. The van der Waals surface area contributed by atoms with E-state index in [0.717, 1.165) is 34.4 Å². The van der Waals surface area contributed by atoms with Gasteiger partial charge in [-0.15, -0.1) is 0 Å². The maximum absolute atomic E-state index is 5.45.